The molecule has 0 heterocycles. The van der Waals surface area contributed by atoms with Crippen molar-refractivity contribution in [2.45, 2.75) is 27.2 Å². The van der Waals surface area contributed by atoms with Crippen LogP contribution in [0.25, 0.3) is 0 Å². The Hall–Kier alpha value is -1.11. The van der Waals surface area contributed by atoms with Gasteiger partial charge >= 0.3 is 33.9 Å². The predicted molar refractivity (Wildman–Crippen MR) is 58.1 cm³/mol. The third-order valence-electron chi connectivity index (χ3n) is 2.09. The Bertz CT molecular complexity index is 331. The second-order valence-electron chi connectivity index (χ2n) is 3.35. The zero-order valence-electron chi connectivity index (χ0n) is 10.4. The quantitative estimate of drug-likeness (QED) is 0.415. The van der Waals surface area contributed by atoms with Crippen molar-refractivity contribution >= 4 is 5.78 Å². The molecule has 0 radical (unpaired) electrons. The van der Waals surface area contributed by atoms with Crippen LogP contribution in [0.15, 0.2) is 23.3 Å². The smallest absolute Gasteiger partial charge is 0 e. The van der Waals surface area contributed by atoms with E-state index in [1.54, 1.807) is 0 Å². The summed E-state index contributed by atoms with van der Waals surface area (Å²) in [6.07, 6.45) is 4.61. The van der Waals surface area contributed by atoms with Crippen molar-refractivity contribution in [1.29, 1.82) is 0 Å². The Kier molecular flexibility index (Phi) is 26.0. The molecule has 0 aromatic heterocycles. The Morgan fingerprint density at radius 1 is 1.06 bits per heavy atom. The Morgan fingerprint density at radius 3 is 1.72 bits per heavy atom. The topological polar surface area (TPSA) is 76.8 Å². The summed E-state index contributed by atoms with van der Waals surface area (Å²) < 4.78 is 22.5. The van der Waals surface area contributed by atoms with Gasteiger partial charge in [0.2, 0.25) is 0 Å². The van der Waals surface area contributed by atoms with Crippen molar-refractivity contribution < 1.29 is 35.8 Å². The van der Waals surface area contributed by atoms with Crippen LogP contribution in [0.1, 0.15) is 27.2 Å². The summed E-state index contributed by atoms with van der Waals surface area (Å²) in [6, 6.07) is 0. The van der Waals surface area contributed by atoms with E-state index in [1.807, 2.05) is 13.0 Å². The maximum absolute atomic E-state index is 11.2. The van der Waals surface area contributed by atoms with Crippen molar-refractivity contribution in [3.63, 3.8) is 0 Å². The number of Topliss-reactive ketones (excluding diaryl/α,β-unsaturated/α-hetero) is 1. The number of rotatable bonds is 1. The first-order valence-electron chi connectivity index (χ1n) is 4.63. The van der Waals surface area contributed by atoms with Crippen LogP contribution in [0, 0.1) is 25.9 Å². The zero-order chi connectivity index (χ0) is 14.4. The van der Waals surface area contributed by atoms with Gasteiger partial charge in [0.1, 0.15) is 0 Å². The van der Waals surface area contributed by atoms with E-state index >= 15 is 0 Å². The molecule has 0 saturated carbocycles. The van der Waals surface area contributed by atoms with Gasteiger partial charge in [0.05, 0.1) is 0 Å². The fourth-order valence-corrected chi connectivity index (χ4v) is 1.11. The molecule has 5 heteroatoms. The minimum Gasteiger partial charge on any atom is 0 e. The van der Waals surface area contributed by atoms with E-state index < -0.39 is 0 Å². The number of ketones is 1. The van der Waals surface area contributed by atoms with E-state index in [2.05, 4.69) is 39.9 Å². The van der Waals surface area contributed by atoms with Crippen LogP contribution in [-0.2, 0) is 35.8 Å². The van der Waals surface area contributed by atoms with Crippen molar-refractivity contribution in [3.8, 4) is 0 Å². The van der Waals surface area contributed by atoms with Crippen LogP contribution in [-0.4, -0.2) is 5.78 Å². The molecule has 1 aliphatic rings. The number of hydrogen-bond donors (Lipinski definition) is 0. The SMILES string of the molecule is CC1=CC=C(C(C)C)CC1=O.[C-]#[O+].[C-]#[O+].[C-]#[O+].[Fe]. The van der Waals surface area contributed by atoms with Gasteiger partial charge in [-0.25, -0.2) is 0 Å². The fraction of sp³-hybridized carbons (Fsp3) is 0.385. The normalized spacial score (nSPS) is 11.6. The van der Waals surface area contributed by atoms with E-state index in [0.717, 1.165) is 5.57 Å². The standard InChI is InChI=1S/C10H14O.3CO.Fe/c1-7(2)9-5-4-8(3)10(11)6-9;3*1-2;/h4-5,7H,6H2,1-3H3;;;;. The van der Waals surface area contributed by atoms with Crippen LogP contribution in [0.4, 0.5) is 0 Å². The van der Waals surface area contributed by atoms with Crippen LogP contribution in [0.2, 0.25) is 0 Å². The molecule has 18 heavy (non-hydrogen) atoms. The molecule has 0 amide bonds. The second kappa shape index (κ2) is 18.3. The van der Waals surface area contributed by atoms with E-state index in [0.29, 0.717) is 12.3 Å². The van der Waals surface area contributed by atoms with Gasteiger partial charge in [0, 0.05) is 23.5 Å². The average Bonchev–Trinajstić information content (AvgIpc) is 2.39. The Morgan fingerprint density at radius 2 is 1.44 bits per heavy atom. The van der Waals surface area contributed by atoms with Gasteiger partial charge in [0.15, 0.2) is 5.78 Å². The summed E-state index contributed by atoms with van der Waals surface area (Å²) in [5.41, 5.74) is 2.13. The van der Waals surface area contributed by atoms with Crippen LogP contribution >= 0.6 is 0 Å². The molecule has 1 aliphatic carbocycles. The first kappa shape index (κ1) is 25.7. The molecule has 0 aromatic carbocycles. The first-order chi connectivity index (χ1) is 8.11. The molecule has 0 aliphatic heterocycles. The molecule has 0 aromatic rings. The van der Waals surface area contributed by atoms with Crippen LogP contribution in [0.5, 0.6) is 0 Å². The van der Waals surface area contributed by atoms with E-state index in [1.165, 1.54) is 5.57 Å². The molecule has 0 unspecified atom stereocenters. The number of carbonyl (C=O) groups excluding carboxylic acids is 1. The van der Waals surface area contributed by atoms with Gasteiger partial charge in [-0.3, -0.25) is 4.79 Å². The number of allylic oxidation sites excluding steroid dienone is 4. The van der Waals surface area contributed by atoms with Crippen molar-refractivity contribution in [2.75, 3.05) is 0 Å². The zero-order valence-corrected chi connectivity index (χ0v) is 11.5. The van der Waals surface area contributed by atoms with Crippen molar-refractivity contribution in [3.05, 3.63) is 43.2 Å². The summed E-state index contributed by atoms with van der Waals surface area (Å²) in [4.78, 5) is 11.2. The maximum atomic E-state index is 11.2. The summed E-state index contributed by atoms with van der Waals surface area (Å²) in [5.74, 6) is 0.777. The van der Waals surface area contributed by atoms with Gasteiger partial charge in [-0.05, 0) is 18.4 Å². The second-order valence-corrected chi connectivity index (χ2v) is 3.35. The summed E-state index contributed by atoms with van der Waals surface area (Å²) in [6.45, 7) is 19.6. The molecule has 98 valence electrons. The van der Waals surface area contributed by atoms with Gasteiger partial charge in [-0.15, -0.1) is 0 Å². The van der Waals surface area contributed by atoms with Gasteiger partial charge in [-0.2, -0.15) is 0 Å². The Labute approximate surface area is 118 Å². The molecule has 0 saturated heterocycles. The molecule has 4 nitrogen and oxygen atoms in total. The van der Waals surface area contributed by atoms with Crippen molar-refractivity contribution in [2.24, 2.45) is 5.92 Å². The van der Waals surface area contributed by atoms with Gasteiger partial charge in [-0.1, -0.05) is 31.6 Å². The van der Waals surface area contributed by atoms with Crippen LogP contribution in [0.3, 0.4) is 0 Å². The Balaban J connectivity index is -0.000000123. The third kappa shape index (κ3) is 11.4. The maximum Gasteiger partial charge on any atom is 0 e. The van der Waals surface area contributed by atoms with E-state index in [4.69, 9.17) is 14.0 Å². The molecule has 1 rings (SSSR count). The minimum atomic E-state index is 0. The molecular weight excluding hydrogens is 276 g/mol. The average molecular weight is 290 g/mol. The van der Waals surface area contributed by atoms with Gasteiger partial charge < -0.3 is 0 Å². The van der Waals surface area contributed by atoms with E-state index in [-0.39, 0.29) is 22.9 Å². The van der Waals surface area contributed by atoms with Crippen LogP contribution < -0.4 is 0 Å². The monoisotopic (exact) mass is 290 g/mol. The minimum absolute atomic E-state index is 0. The third-order valence-corrected chi connectivity index (χ3v) is 2.09. The summed E-state index contributed by atoms with van der Waals surface area (Å²) in [7, 11) is 0. The molecular formula is C13H14FeO4. The largest absolute Gasteiger partial charge is 0 e. The number of carbonyl (C=O) groups is 1. The van der Waals surface area contributed by atoms with Gasteiger partial charge in [0.25, 0.3) is 0 Å². The molecule has 0 bridgehead atoms. The summed E-state index contributed by atoms with van der Waals surface area (Å²) in [5, 5.41) is 0. The summed E-state index contributed by atoms with van der Waals surface area (Å²) >= 11 is 0. The van der Waals surface area contributed by atoms with E-state index in [9.17, 15) is 4.79 Å². The number of hydrogen-bond acceptors (Lipinski definition) is 1. The molecule has 0 N–H and O–H groups in total. The predicted octanol–water partition coefficient (Wildman–Crippen LogP) is 2.37. The molecule has 0 spiro atoms. The van der Waals surface area contributed by atoms with Crippen molar-refractivity contribution in [1.82, 2.24) is 0 Å². The molecule has 0 atom stereocenters. The first-order valence-corrected chi connectivity index (χ1v) is 4.63. The fourth-order valence-electron chi connectivity index (χ4n) is 1.11. The molecule has 0 fully saturated rings.